The van der Waals surface area contributed by atoms with Gasteiger partial charge in [-0.2, -0.15) is 0 Å². The summed E-state index contributed by atoms with van der Waals surface area (Å²) in [5.41, 5.74) is 0. The zero-order chi connectivity index (χ0) is 6.69. The van der Waals surface area contributed by atoms with Crippen molar-refractivity contribution in [2.75, 3.05) is 13.6 Å². The molecule has 2 heteroatoms. The molecule has 0 aliphatic heterocycles. The summed E-state index contributed by atoms with van der Waals surface area (Å²) in [5.74, 6) is 0.727. The van der Waals surface area contributed by atoms with Crippen LogP contribution in [0.3, 0.4) is 0 Å². The van der Waals surface area contributed by atoms with Gasteiger partial charge in [0.1, 0.15) is 0 Å². The zero-order valence-corrected chi connectivity index (χ0v) is 5.93. The summed E-state index contributed by atoms with van der Waals surface area (Å²) in [5, 5.41) is 12.2. The first kappa shape index (κ1) is 7.03. The molecule has 0 amide bonds. The SMILES string of the molecule is CNC[C@H]1CC[C@H](O)C1. The molecular weight excluding hydrogens is 114 g/mol. The fraction of sp³-hybridized carbons (Fsp3) is 1.00. The largest absolute Gasteiger partial charge is 0.393 e. The summed E-state index contributed by atoms with van der Waals surface area (Å²) in [6.07, 6.45) is 3.19. The van der Waals surface area contributed by atoms with E-state index < -0.39 is 0 Å². The van der Waals surface area contributed by atoms with Crippen LogP contribution in [0.1, 0.15) is 19.3 Å². The van der Waals surface area contributed by atoms with Gasteiger partial charge < -0.3 is 10.4 Å². The lowest BCUT2D eigenvalue weighted by atomic mass is 10.1. The molecule has 1 rings (SSSR count). The van der Waals surface area contributed by atoms with E-state index in [2.05, 4.69) is 5.32 Å². The average Bonchev–Trinajstić information content (AvgIpc) is 2.17. The predicted molar refractivity (Wildman–Crippen MR) is 37.3 cm³/mol. The highest BCUT2D eigenvalue weighted by Gasteiger charge is 2.21. The molecule has 0 spiro atoms. The molecule has 0 saturated heterocycles. The van der Waals surface area contributed by atoms with Gasteiger partial charge in [0.25, 0.3) is 0 Å². The summed E-state index contributed by atoms with van der Waals surface area (Å²) < 4.78 is 0. The van der Waals surface area contributed by atoms with Crippen molar-refractivity contribution < 1.29 is 5.11 Å². The molecule has 0 aromatic rings. The molecule has 0 radical (unpaired) electrons. The summed E-state index contributed by atoms with van der Waals surface area (Å²) in [6.45, 7) is 1.07. The molecule has 1 saturated carbocycles. The van der Waals surface area contributed by atoms with Crippen LogP contribution in [0.25, 0.3) is 0 Å². The van der Waals surface area contributed by atoms with Crippen LogP contribution in [0.2, 0.25) is 0 Å². The summed E-state index contributed by atoms with van der Waals surface area (Å²) in [4.78, 5) is 0. The topological polar surface area (TPSA) is 32.3 Å². The van der Waals surface area contributed by atoms with Gasteiger partial charge in [-0.25, -0.2) is 0 Å². The van der Waals surface area contributed by atoms with Crippen LogP contribution in [-0.4, -0.2) is 24.8 Å². The monoisotopic (exact) mass is 129 g/mol. The highest BCUT2D eigenvalue weighted by atomic mass is 16.3. The number of hydrogen-bond donors (Lipinski definition) is 2. The second-order valence-electron chi connectivity index (χ2n) is 2.89. The van der Waals surface area contributed by atoms with Gasteiger partial charge in [0.2, 0.25) is 0 Å². The maximum Gasteiger partial charge on any atom is 0.0543 e. The van der Waals surface area contributed by atoms with Gasteiger partial charge in [-0.1, -0.05) is 0 Å². The Balaban J connectivity index is 2.14. The predicted octanol–water partition coefficient (Wildman–Crippen LogP) is 0.367. The molecule has 0 unspecified atom stereocenters. The Morgan fingerprint density at radius 3 is 2.78 bits per heavy atom. The van der Waals surface area contributed by atoms with Gasteiger partial charge in [0, 0.05) is 0 Å². The highest BCUT2D eigenvalue weighted by molar-refractivity contribution is 4.75. The minimum absolute atomic E-state index is 0.0108. The lowest BCUT2D eigenvalue weighted by Gasteiger charge is -2.05. The lowest BCUT2D eigenvalue weighted by molar-refractivity contribution is 0.177. The van der Waals surface area contributed by atoms with Crippen LogP contribution in [0, 0.1) is 5.92 Å². The molecule has 1 fully saturated rings. The number of rotatable bonds is 2. The standard InChI is InChI=1S/C7H15NO/c1-8-5-6-2-3-7(9)4-6/h6-9H,2-5H2,1H3/t6-,7-/m0/s1. The molecule has 9 heavy (non-hydrogen) atoms. The Morgan fingerprint density at radius 2 is 2.33 bits per heavy atom. The molecule has 1 aliphatic carbocycles. The Labute approximate surface area is 56.3 Å². The van der Waals surface area contributed by atoms with E-state index in [0.29, 0.717) is 0 Å². The molecule has 2 atom stereocenters. The Morgan fingerprint density at radius 1 is 1.56 bits per heavy atom. The molecule has 0 aromatic heterocycles. The third-order valence-electron chi connectivity index (χ3n) is 2.01. The first-order valence-corrected chi connectivity index (χ1v) is 3.65. The second-order valence-corrected chi connectivity index (χ2v) is 2.89. The molecule has 0 aromatic carbocycles. The van der Waals surface area contributed by atoms with Crippen LogP contribution in [-0.2, 0) is 0 Å². The van der Waals surface area contributed by atoms with Crippen molar-refractivity contribution >= 4 is 0 Å². The van der Waals surface area contributed by atoms with Crippen molar-refractivity contribution in [1.29, 1.82) is 0 Å². The van der Waals surface area contributed by atoms with Gasteiger partial charge in [-0.15, -0.1) is 0 Å². The zero-order valence-electron chi connectivity index (χ0n) is 5.93. The highest BCUT2D eigenvalue weighted by Crippen LogP contribution is 2.24. The number of nitrogens with one attached hydrogen (secondary N) is 1. The van der Waals surface area contributed by atoms with Crippen LogP contribution >= 0.6 is 0 Å². The first-order valence-electron chi connectivity index (χ1n) is 3.65. The summed E-state index contributed by atoms with van der Waals surface area (Å²) in [6, 6.07) is 0. The van der Waals surface area contributed by atoms with Gasteiger partial charge in [-0.3, -0.25) is 0 Å². The van der Waals surface area contributed by atoms with Crippen LogP contribution in [0.15, 0.2) is 0 Å². The molecule has 0 heterocycles. The van der Waals surface area contributed by atoms with Gasteiger partial charge in [0.15, 0.2) is 0 Å². The van der Waals surface area contributed by atoms with E-state index in [-0.39, 0.29) is 6.10 Å². The molecule has 1 aliphatic rings. The van der Waals surface area contributed by atoms with Gasteiger partial charge in [0.05, 0.1) is 6.10 Å². The third-order valence-corrected chi connectivity index (χ3v) is 2.01. The maximum atomic E-state index is 9.10. The van der Waals surface area contributed by atoms with Crippen molar-refractivity contribution in [2.45, 2.75) is 25.4 Å². The van der Waals surface area contributed by atoms with Crippen LogP contribution in [0.4, 0.5) is 0 Å². The van der Waals surface area contributed by atoms with E-state index in [4.69, 9.17) is 5.11 Å². The van der Waals surface area contributed by atoms with Gasteiger partial charge >= 0.3 is 0 Å². The number of aliphatic hydroxyl groups excluding tert-OH is 1. The van der Waals surface area contributed by atoms with Crippen LogP contribution in [0.5, 0.6) is 0 Å². The van der Waals surface area contributed by atoms with Gasteiger partial charge in [-0.05, 0) is 38.8 Å². The Bertz CT molecular complexity index is 83.0. The van der Waals surface area contributed by atoms with E-state index in [0.717, 1.165) is 25.3 Å². The van der Waals surface area contributed by atoms with E-state index in [1.807, 2.05) is 7.05 Å². The second kappa shape index (κ2) is 3.18. The maximum absolute atomic E-state index is 9.10. The summed E-state index contributed by atoms with van der Waals surface area (Å²) >= 11 is 0. The normalized spacial score (nSPS) is 35.3. The van der Waals surface area contributed by atoms with E-state index in [1.54, 1.807) is 0 Å². The van der Waals surface area contributed by atoms with Crippen molar-refractivity contribution in [3.05, 3.63) is 0 Å². The van der Waals surface area contributed by atoms with Crippen molar-refractivity contribution in [3.63, 3.8) is 0 Å². The average molecular weight is 129 g/mol. The molecule has 54 valence electrons. The molecule has 2 N–H and O–H groups in total. The van der Waals surface area contributed by atoms with Crippen molar-refractivity contribution in [1.82, 2.24) is 5.32 Å². The smallest absolute Gasteiger partial charge is 0.0543 e. The summed E-state index contributed by atoms with van der Waals surface area (Å²) in [7, 11) is 1.96. The first-order chi connectivity index (χ1) is 4.33. The fourth-order valence-corrected chi connectivity index (χ4v) is 1.52. The fourth-order valence-electron chi connectivity index (χ4n) is 1.52. The van der Waals surface area contributed by atoms with Crippen molar-refractivity contribution in [3.8, 4) is 0 Å². The Kier molecular flexibility index (Phi) is 2.49. The quantitative estimate of drug-likeness (QED) is 0.564. The third kappa shape index (κ3) is 1.95. The minimum Gasteiger partial charge on any atom is -0.393 e. The molecule has 0 bridgehead atoms. The van der Waals surface area contributed by atoms with E-state index >= 15 is 0 Å². The number of aliphatic hydroxyl groups is 1. The molecule has 2 nitrogen and oxygen atoms in total. The minimum atomic E-state index is -0.0108. The lowest BCUT2D eigenvalue weighted by Crippen LogP contribution is -2.16. The molecular formula is C7H15NO. The Hall–Kier alpha value is -0.0800. The van der Waals surface area contributed by atoms with E-state index in [1.165, 1.54) is 6.42 Å². The van der Waals surface area contributed by atoms with Crippen LogP contribution < -0.4 is 5.32 Å². The van der Waals surface area contributed by atoms with E-state index in [9.17, 15) is 0 Å². The number of hydrogen-bond acceptors (Lipinski definition) is 2. The van der Waals surface area contributed by atoms with Crippen molar-refractivity contribution in [2.24, 2.45) is 5.92 Å².